The maximum atomic E-state index is 9.07. The van der Waals surface area contributed by atoms with Crippen molar-refractivity contribution in [3.05, 3.63) is 52.1 Å². The van der Waals surface area contributed by atoms with Gasteiger partial charge in [-0.3, -0.25) is 4.98 Å². The summed E-state index contributed by atoms with van der Waals surface area (Å²) in [4.78, 5) is 4.22. The van der Waals surface area contributed by atoms with Gasteiger partial charge in [-0.1, -0.05) is 29.3 Å². The second-order valence-corrected chi connectivity index (χ2v) is 4.68. The van der Waals surface area contributed by atoms with Crippen LogP contribution in [-0.4, -0.2) is 16.7 Å². The number of hydrogen-bond donors (Lipinski definition) is 2. The van der Waals surface area contributed by atoms with Gasteiger partial charge in [0.1, 0.15) is 0 Å². The molecule has 0 amide bonds. The zero-order valence-corrected chi connectivity index (χ0v) is 11.0. The molecule has 0 fully saturated rings. The van der Waals surface area contributed by atoms with Crippen LogP contribution in [0, 0.1) is 0 Å². The van der Waals surface area contributed by atoms with Crippen molar-refractivity contribution in [1.82, 2.24) is 4.98 Å². The second kappa shape index (κ2) is 5.67. The van der Waals surface area contributed by atoms with Crippen molar-refractivity contribution in [1.29, 1.82) is 0 Å². The molecule has 0 radical (unpaired) electrons. The van der Waals surface area contributed by atoms with E-state index in [0.29, 0.717) is 21.3 Å². The Hall–Kier alpha value is -1.13. The Kier molecular flexibility index (Phi) is 4.19. The molecule has 1 atom stereocenters. The molecule has 0 saturated carbocycles. The number of hydrogen-bond acceptors (Lipinski definition) is 3. The van der Waals surface area contributed by atoms with E-state index in [-0.39, 0.29) is 6.61 Å². The van der Waals surface area contributed by atoms with Crippen LogP contribution in [0.25, 0.3) is 11.3 Å². The van der Waals surface area contributed by atoms with Gasteiger partial charge in [0.05, 0.1) is 28.4 Å². The molecule has 0 aliphatic carbocycles. The van der Waals surface area contributed by atoms with Crippen LogP contribution in [-0.2, 0) is 0 Å². The molecule has 2 rings (SSSR count). The van der Waals surface area contributed by atoms with Crippen molar-refractivity contribution in [3.8, 4) is 11.3 Å². The summed E-state index contributed by atoms with van der Waals surface area (Å²) in [6.45, 7) is -0.128. The monoisotopic (exact) mass is 282 g/mol. The molecule has 0 spiro atoms. The minimum absolute atomic E-state index is 0.128. The molecule has 0 aliphatic rings. The Bertz CT molecular complexity index is 560. The zero-order chi connectivity index (χ0) is 13.1. The lowest BCUT2D eigenvalue weighted by Crippen LogP contribution is -2.14. The number of aromatic nitrogens is 1. The maximum absolute atomic E-state index is 9.07. The lowest BCUT2D eigenvalue weighted by Gasteiger charge is -2.12. The number of nitrogens with zero attached hydrogens (tertiary/aromatic N) is 1. The van der Waals surface area contributed by atoms with Gasteiger partial charge in [0.2, 0.25) is 0 Å². The first-order valence-electron chi connectivity index (χ1n) is 5.40. The Balaban J connectivity index is 2.54. The van der Waals surface area contributed by atoms with E-state index < -0.39 is 6.04 Å². The number of pyridine rings is 1. The van der Waals surface area contributed by atoms with Crippen LogP contribution in [0.1, 0.15) is 11.6 Å². The van der Waals surface area contributed by atoms with Gasteiger partial charge >= 0.3 is 0 Å². The fraction of sp³-hybridized carbons (Fsp3) is 0.154. The van der Waals surface area contributed by atoms with Crippen LogP contribution >= 0.6 is 23.2 Å². The Morgan fingerprint density at radius 3 is 2.67 bits per heavy atom. The molecule has 5 heteroatoms. The first-order chi connectivity index (χ1) is 8.63. The Morgan fingerprint density at radius 1 is 1.22 bits per heavy atom. The summed E-state index contributed by atoms with van der Waals surface area (Å²) in [6.07, 6.45) is 1.65. The van der Waals surface area contributed by atoms with Crippen molar-refractivity contribution in [2.24, 2.45) is 5.73 Å². The summed E-state index contributed by atoms with van der Waals surface area (Å²) in [5.74, 6) is 0. The molecule has 0 aliphatic heterocycles. The quantitative estimate of drug-likeness (QED) is 0.910. The van der Waals surface area contributed by atoms with Crippen LogP contribution in [0.5, 0.6) is 0 Å². The normalized spacial score (nSPS) is 12.4. The number of benzene rings is 1. The third kappa shape index (κ3) is 2.65. The van der Waals surface area contributed by atoms with Crippen LogP contribution in [0.2, 0.25) is 10.0 Å². The van der Waals surface area contributed by atoms with Crippen LogP contribution < -0.4 is 5.73 Å². The van der Waals surface area contributed by atoms with E-state index in [2.05, 4.69) is 4.98 Å². The van der Waals surface area contributed by atoms with Crippen LogP contribution in [0.4, 0.5) is 0 Å². The zero-order valence-electron chi connectivity index (χ0n) is 9.48. The number of aliphatic hydroxyl groups is 1. The fourth-order valence-corrected chi connectivity index (χ4v) is 2.07. The van der Waals surface area contributed by atoms with E-state index in [0.717, 1.165) is 5.56 Å². The molecule has 1 unspecified atom stereocenters. The molecule has 1 aromatic carbocycles. The summed E-state index contributed by atoms with van der Waals surface area (Å²) in [5, 5.41) is 10.1. The molecular formula is C13H12Cl2N2O. The highest BCUT2D eigenvalue weighted by molar-refractivity contribution is 6.36. The van der Waals surface area contributed by atoms with Gasteiger partial charge in [-0.05, 0) is 29.8 Å². The van der Waals surface area contributed by atoms with Gasteiger partial charge in [-0.2, -0.15) is 0 Å². The minimum atomic E-state index is -0.441. The molecule has 3 N–H and O–H groups in total. The number of rotatable bonds is 3. The van der Waals surface area contributed by atoms with E-state index in [1.54, 1.807) is 36.5 Å². The van der Waals surface area contributed by atoms with Crippen molar-refractivity contribution < 1.29 is 5.11 Å². The average Bonchev–Trinajstić information content (AvgIpc) is 2.39. The number of halogens is 2. The number of aliphatic hydroxyl groups excluding tert-OH is 1. The largest absolute Gasteiger partial charge is 0.394 e. The highest BCUT2D eigenvalue weighted by Gasteiger charge is 2.12. The van der Waals surface area contributed by atoms with Crippen LogP contribution in [0.15, 0.2) is 36.5 Å². The van der Waals surface area contributed by atoms with Gasteiger partial charge in [0.25, 0.3) is 0 Å². The summed E-state index contributed by atoms with van der Waals surface area (Å²) in [5.41, 5.74) is 7.89. The highest BCUT2D eigenvalue weighted by atomic mass is 35.5. The maximum Gasteiger partial charge on any atom is 0.0903 e. The standard InChI is InChI=1S/C13H12Cl2N2O/c14-10-4-3-8(12(16)7-18)6-9(10)13-11(15)2-1-5-17-13/h1-6,12,18H,7,16H2. The fourth-order valence-electron chi connectivity index (χ4n) is 1.64. The van der Waals surface area contributed by atoms with E-state index in [4.69, 9.17) is 34.0 Å². The SMILES string of the molecule is NC(CO)c1ccc(Cl)c(-c2ncccc2Cl)c1. The molecule has 1 aromatic heterocycles. The molecule has 1 heterocycles. The van der Waals surface area contributed by atoms with E-state index >= 15 is 0 Å². The first-order valence-corrected chi connectivity index (χ1v) is 6.16. The van der Waals surface area contributed by atoms with Crippen molar-refractivity contribution >= 4 is 23.2 Å². The molecule has 18 heavy (non-hydrogen) atoms. The average molecular weight is 283 g/mol. The molecule has 0 saturated heterocycles. The smallest absolute Gasteiger partial charge is 0.0903 e. The van der Waals surface area contributed by atoms with Crippen LogP contribution in [0.3, 0.4) is 0 Å². The van der Waals surface area contributed by atoms with E-state index in [1.807, 2.05) is 0 Å². The molecule has 94 valence electrons. The molecule has 2 aromatic rings. The van der Waals surface area contributed by atoms with Crippen molar-refractivity contribution in [2.75, 3.05) is 6.61 Å². The van der Waals surface area contributed by atoms with Gasteiger partial charge < -0.3 is 10.8 Å². The predicted molar refractivity (Wildman–Crippen MR) is 73.7 cm³/mol. The Morgan fingerprint density at radius 2 is 2.00 bits per heavy atom. The summed E-state index contributed by atoms with van der Waals surface area (Å²) in [7, 11) is 0. The predicted octanol–water partition coefficient (Wildman–Crippen LogP) is 3.05. The number of nitrogens with two attached hydrogens (primary N) is 1. The molecular weight excluding hydrogens is 271 g/mol. The minimum Gasteiger partial charge on any atom is -0.394 e. The van der Waals surface area contributed by atoms with Gasteiger partial charge in [0.15, 0.2) is 0 Å². The van der Waals surface area contributed by atoms with Crippen molar-refractivity contribution in [2.45, 2.75) is 6.04 Å². The lowest BCUT2D eigenvalue weighted by molar-refractivity contribution is 0.268. The first kappa shape index (κ1) is 13.3. The van der Waals surface area contributed by atoms with E-state index in [9.17, 15) is 0 Å². The third-order valence-electron chi connectivity index (χ3n) is 2.63. The third-order valence-corrected chi connectivity index (χ3v) is 3.26. The van der Waals surface area contributed by atoms with Gasteiger partial charge in [-0.25, -0.2) is 0 Å². The topological polar surface area (TPSA) is 59.1 Å². The van der Waals surface area contributed by atoms with Crippen molar-refractivity contribution in [3.63, 3.8) is 0 Å². The highest BCUT2D eigenvalue weighted by Crippen LogP contribution is 2.32. The summed E-state index contributed by atoms with van der Waals surface area (Å²) < 4.78 is 0. The second-order valence-electron chi connectivity index (χ2n) is 3.86. The van der Waals surface area contributed by atoms with E-state index in [1.165, 1.54) is 0 Å². The van der Waals surface area contributed by atoms with Gasteiger partial charge in [-0.15, -0.1) is 0 Å². The van der Waals surface area contributed by atoms with Gasteiger partial charge in [0, 0.05) is 11.8 Å². The molecule has 0 bridgehead atoms. The lowest BCUT2D eigenvalue weighted by atomic mass is 10.0. The molecule has 3 nitrogen and oxygen atoms in total. The Labute approximate surface area is 115 Å². The summed E-state index contributed by atoms with van der Waals surface area (Å²) >= 11 is 12.2. The summed E-state index contributed by atoms with van der Waals surface area (Å²) in [6, 6.07) is 8.37.